The van der Waals surface area contributed by atoms with Gasteiger partial charge in [-0.05, 0) is 65.8 Å². The van der Waals surface area contributed by atoms with Gasteiger partial charge in [0, 0.05) is 30.2 Å². The van der Waals surface area contributed by atoms with E-state index in [1.807, 2.05) is 18.2 Å². The summed E-state index contributed by atoms with van der Waals surface area (Å²) in [5.74, 6) is 1.60. The predicted octanol–water partition coefficient (Wildman–Crippen LogP) is 5.14. The third kappa shape index (κ3) is 3.47. The van der Waals surface area contributed by atoms with Crippen LogP contribution in [0.25, 0.3) is 10.9 Å². The maximum atomic E-state index is 10.2. The third-order valence-electron chi connectivity index (χ3n) is 7.47. The van der Waals surface area contributed by atoms with Gasteiger partial charge in [0.1, 0.15) is 13.3 Å². The molecule has 0 bridgehead atoms. The number of hydrogen-bond acceptors (Lipinski definition) is 4. The molecule has 0 radical (unpaired) electrons. The van der Waals surface area contributed by atoms with Crippen molar-refractivity contribution >= 4 is 10.9 Å². The molecule has 3 heterocycles. The molecule has 0 amide bonds. The summed E-state index contributed by atoms with van der Waals surface area (Å²) < 4.78 is 14.1. The lowest BCUT2D eigenvalue weighted by atomic mass is 9.85. The molecule has 0 fully saturated rings. The van der Waals surface area contributed by atoms with E-state index in [9.17, 15) is 5.11 Å². The largest absolute Gasteiger partial charge is 0.493 e. The first kappa shape index (κ1) is 21.3. The fourth-order valence-corrected chi connectivity index (χ4v) is 5.74. The van der Waals surface area contributed by atoms with Crippen LogP contribution in [-0.2, 0) is 32.7 Å². The first-order valence-corrected chi connectivity index (χ1v) is 12.0. The second-order valence-electron chi connectivity index (χ2n) is 9.43. The summed E-state index contributed by atoms with van der Waals surface area (Å²) in [6, 6.07) is 21.5. The highest BCUT2D eigenvalue weighted by Gasteiger charge is 2.35. The van der Waals surface area contributed by atoms with Crippen LogP contribution < -0.4 is 9.47 Å². The average Bonchev–Trinajstić information content (AvgIpc) is 3.17. The van der Waals surface area contributed by atoms with Gasteiger partial charge in [0.25, 0.3) is 0 Å². The topological polar surface area (TPSA) is 46.9 Å². The number of rotatable bonds is 5. The van der Waals surface area contributed by atoms with E-state index in [1.54, 1.807) is 7.11 Å². The lowest BCUT2D eigenvalue weighted by molar-refractivity contribution is 0.145. The summed E-state index contributed by atoms with van der Waals surface area (Å²) in [5, 5.41) is 11.4. The van der Waals surface area contributed by atoms with Crippen molar-refractivity contribution in [1.29, 1.82) is 0 Å². The van der Waals surface area contributed by atoms with E-state index >= 15 is 0 Å². The zero-order valence-electron chi connectivity index (χ0n) is 19.8. The minimum atomic E-state index is 0.0129. The molecule has 1 atom stereocenters. The van der Waals surface area contributed by atoms with E-state index in [4.69, 9.17) is 9.47 Å². The highest BCUT2D eigenvalue weighted by molar-refractivity contribution is 5.86. The lowest BCUT2D eigenvalue weighted by Gasteiger charge is -2.41. The molecule has 34 heavy (non-hydrogen) atoms. The monoisotopic (exact) mass is 454 g/mol. The van der Waals surface area contributed by atoms with Crippen molar-refractivity contribution in [2.45, 2.75) is 45.7 Å². The summed E-state index contributed by atoms with van der Waals surface area (Å²) in [5.41, 5.74) is 8.77. The number of hydrogen-bond donors (Lipinski definition) is 1. The van der Waals surface area contributed by atoms with Gasteiger partial charge in [-0.1, -0.05) is 42.5 Å². The maximum Gasteiger partial charge on any atom is 0.162 e. The van der Waals surface area contributed by atoms with Gasteiger partial charge in [-0.2, -0.15) is 0 Å². The normalized spacial score (nSPS) is 17.2. The fraction of sp³-hybridized carbons (Fsp3) is 0.310. The molecule has 6 rings (SSSR count). The van der Waals surface area contributed by atoms with E-state index < -0.39 is 0 Å². The van der Waals surface area contributed by atoms with Crippen LogP contribution in [0.15, 0.2) is 60.7 Å². The standard InChI is InChI=1S/C29H30N2O3/c1-19-8-9-22-24-14-25-23-15-29(34-17-20-6-4-3-5-7-20)28(33-2)13-21(23)10-11-30(25)16-27(24)31(18-32)26(22)12-19/h3-9,12-13,15,25,32H,10-11,14,16-18H2,1-2H3. The van der Waals surface area contributed by atoms with Gasteiger partial charge >= 0.3 is 0 Å². The summed E-state index contributed by atoms with van der Waals surface area (Å²) in [6.45, 7) is 4.48. The van der Waals surface area contributed by atoms with Crippen molar-refractivity contribution in [2.24, 2.45) is 0 Å². The molecule has 1 aromatic heterocycles. The summed E-state index contributed by atoms with van der Waals surface area (Å²) >= 11 is 0. The minimum absolute atomic E-state index is 0.0129. The Morgan fingerprint density at radius 3 is 2.68 bits per heavy atom. The Hall–Kier alpha value is -3.28. The van der Waals surface area contributed by atoms with E-state index in [0.717, 1.165) is 48.5 Å². The quantitative estimate of drug-likeness (QED) is 0.454. The molecule has 3 aromatic carbocycles. The molecule has 4 aromatic rings. The zero-order valence-corrected chi connectivity index (χ0v) is 19.8. The van der Waals surface area contributed by atoms with Crippen molar-refractivity contribution in [2.75, 3.05) is 13.7 Å². The van der Waals surface area contributed by atoms with Crippen LogP contribution >= 0.6 is 0 Å². The van der Waals surface area contributed by atoms with E-state index in [-0.39, 0.29) is 6.73 Å². The molecular formula is C29H30N2O3. The van der Waals surface area contributed by atoms with Gasteiger partial charge in [0.05, 0.1) is 12.6 Å². The van der Waals surface area contributed by atoms with Gasteiger partial charge in [0.2, 0.25) is 0 Å². The Morgan fingerprint density at radius 2 is 1.88 bits per heavy atom. The van der Waals surface area contributed by atoms with Gasteiger partial charge in [-0.3, -0.25) is 4.90 Å². The number of fused-ring (bicyclic) bond motifs is 6. The first-order chi connectivity index (χ1) is 16.7. The second kappa shape index (κ2) is 8.49. The number of nitrogens with zero attached hydrogens (tertiary/aromatic N) is 2. The number of aliphatic hydroxyl groups is 1. The average molecular weight is 455 g/mol. The smallest absolute Gasteiger partial charge is 0.162 e. The van der Waals surface area contributed by atoms with Crippen LogP contribution in [0.1, 0.15) is 39.6 Å². The van der Waals surface area contributed by atoms with Crippen molar-refractivity contribution < 1.29 is 14.6 Å². The summed E-state index contributed by atoms with van der Waals surface area (Å²) in [7, 11) is 1.71. The Bertz CT molecular complexity index is 1360. The molecule has 2 aliphatic heterocycles. The SMILES string of the molecule is COc1cc2c(cc1OCc1ccccc1)C1Cc3c(n(CO)c4cc(C)ccc34)CN1CC2. The number of aryl methyl sites for hydroxylation is 1. The molecule has 0 spiro atoms. The predicted molar refractivity (Wildman–Crippen MR) is 133 cm³/mol. The molecule has 1 unspecified atom stereocenters. The van der Waals surface area contributed by atoms with E-state index in [1.165, 1.54) is 33.3 Å². The number of methoxy groups -OCH3 is 1. The van der Waals surface area contributed by atoms with E-state index in [2.05, 4.69) is 58.9 Å². The Morgan fingerprint density at radius 1 is 1.03 bits per heavy atom. The molecular weight excluding hydrogens is 424 g/mol. The first-order valence-electron chi connectivity index (χ1n) is 12.0. The van der Waals surface area contributed by atoms with Gasteiger partial charge in [-0.15, -0.1) is 0 Å². The minimum Gasteiger partial charge on any atom is -0.493 e. The summed E-state index contributed by atoms with van der Waals surface area (Å²) in [4.78, 5) is 2.55. The Kier molecular flexibility index (Phi) is 5.31. The molecule has 2 aliphatic rings. The molecule has 5 nitrogen and oxygen atoms in total. The highest BCUT2D eigenvalue weighted by atomic mass is 16.5. The van der Waals surface area contributed by atoms with Crippen LogP contribution in [0.2, 0.25) is 0 Å². The number of aliphatic hydroxyl groups excluding tert-OH is 1. The van der Waals surface area contributed by atoms with Crippen LogP contribution in [0.5, 0.6) is 11.5 Å². The van der Waals surface area contributed by atoms with Crippen molar-refractivity contribution in [1.82, 2.24) is 9.47 Å². The van der Waals surface area contributed by atoms with Crippen LogP contribution in [0, 0.1) is 6.92 Å². The molecule has 0 saturated heterocycles. The lowest BCUT2D eigenvalue weighted by Crippen LogP contribution is -2.39. The van der Waals surface area contributed by atoms with E-state index in [0.29, 0.717) is 12.6 Å². The van der Waals surface area contributed by atoms with Crippen molar-refractivity contribution in [3.05, 3.63) is 94.2 Å². The van der Waals surface area contributed by atoms with Crippen molar-refractivity contribution in [3.8, 4) is 11.5 Å². The second-order valence-corrected chi connectivity index (χ2v) is 9.43. The van der Waals surface area contributed by atoms with Crippen LogP contribution in [0.3, 0.4) is 0 Å². The van der Waals surface area contributed by atoms with Crippen LogP contribution in [0.4, 0.5) is 0 Å². The number of aromatic nitrogens is 1. The fourth-order valence-electron chi connectivity index (χ4n) is 5.74. The zero-order chi connectivity index (χ0) is 23.2. The summed E-state index contributed by atoms with van der Waals surface area (Å²) in [6.07, 6.45) is 1.91. The number of benzene rings is 3. The molecule has 1 N–H and O–H groups in total. The highest BCUT2D eigenvalue weighted by Crippen LogP contribution is 2.44. The third-order valence-corrected chi connectivity index (χ3v) is 7.47. The molecule has 174 valence electrons. The molecule has 0 aliphatic carbocycles. The maximum absolute atomic E-state index is 10.2. The number of ether oxygens (including phenoxy) is 2. The Labute approximate surface area is 200 Å². The van der Waals surface area contributed by atoms with Gasteiger partial charge < -0.3 is 19.1 Å². The van der Waals surface area contributed by atoms with Crippen LogP contribution in [-0.4, -0.2) is 28.2 Å². The van der Waals surface area contributed by atoms with Crippen molar-refractivity contribution in [3.63, 3.8) is 0 Å². The van der Waals surface area contributed by atoms with Gasteiger partial charge in [0.15, 0.2) is 11.5 Å². The Balaban J connectivity index is 1.39. The molecule has 5 heteroatoms. The van der Waals surface area contributed by atoms with Gasteiger partial charge in [-0.25, -0.2) is 0 Å². The molecule has 0 saturated carbocycles.